The fourth-order valence-corrected chi connectivity index (χ4v) is 2.94. The van der Waals surface area contributed by atoms with Gasteiger partial charge in [0.2, 0.25) is 5.90 Å². The van der Waals surface area contributed by atoms with Crippen LogP contribution in [0.3, 0.4) is 0 Å². The van der Waals surface area contributed by atoms with Crippen LogP contribution in [0.5, 0.6) is 0 Å². The Hall–Kier alpha value is -2.04. The molecular formula is C19H21ClN2O2. The number of aliphatic imine (C=N–C) groups is 1. The summed E-state index contributed by atoms with van der Waals surface area (Å²) in [5, 5.41) is 4.19. The Morgan fingerprint density at radius 2 is 2.08 bits per heavy atom. The van der Waals surface area contributed by atoms with Crippen LogP contribution in [0.25, 0.3) is 0 Å². The number of nitrogens with one attached hydrogen (secondary N) is 1. The van der Waals surface area contributed by atoms with Gasteiger partial charge in [-0.15, -0.1) is 0 Å². The summed E-state index contributed by atoms with van der Waals surface area (Å²) in [5.41, 5.74) is 2.73. The second-order valence-corrected chi connectivity index (χ2v) is 6.41. The van der Waals surface area contributed by atoms with Crippen molar-refractivity contribution < 1.29 is 9.47 Å². The van der Waals surface area contributed by atoms with Crippen LogP contribution < -0.4 is 5.32 Å². The third-order valence-corrected chi connectivity index (χ3v) is 4.51. The second kappa shape index (κ2) is 7.24. The molecule has 1 aliphatic heterocycles. The van der Waals surface area contributed by atoms with Crippen molar-refractivity contribution in [2.45, 2.75) is 19.0 Å². The molecule has 0 amide bonds. The van der Waals surface area contributed by atoms with E-state index >= 15 is 0 Å². The molecule has 2 aromatic carbocycles. The van der Waals surface area contributed by atoms with Gasteiger partial charge in [0, 0.05) is 17.3 Å². The van der Waals surface area contributed by atoms with E-state index in [1.165, 1.54) is 0 Å². The first-order valence-corrected chi connectivity index (χ1v) is 8.27. The Bertz CT molecular complexity index is 748. The van der Waals surface area contributed by atoms with Gasteiger partial charge in [0.1, 0.15) is 12.1 Å². The number of anilines is 1. The summed E-state index contributed by atoms with van der Waals surface area (Å²) >= 11 is 6.21. The molecule has 1 atom stereocenters. The Morgan fingerprint density at radius 1 is 1.25 bits per heavy atom. The number of benzene rings is 2. The number of hydrogen-bond donors (Lipinski definition) is 1. The van der Waals surface area contributed by atoms with Gasteiger partial charge in [-0.2, -0.15) is 0 Å². The van der Waals surface area contributed by atoms with E-state index in [0.29, 0.717) is 25.7 Å². The first kappa shape index (κ1) is 16.8. The molecule has 0 saturated carbocycles. The molecule has 0 radical (unpaired) electrons. The molecule has 0 saturated heterocycles. The Kier molecular flexibility index (Phi) is 5.07. The largest absolute Gasteiger partial charge is 0.483 e. The van der Waals surface area contributed by atoms with Crippen LogP contribution in [-0.4, -0.2) is 26.2 Å². The Morgan fingerprint density at radius 3 is 2.88 bits per heavy atom. The lowest BCUT2D eigenvalue weighted by molar-refractivity contribution is 0.0899. The summed E-state index contributed by atoms with van der Waals surface area (Å²) in [5.74, 6) is 0.623. The van der Waals surface area contributed by atoms with Crippen LogP contribution in [0.1, 0.15) is 18.1 Å². The molecule has 126 valence electrons. The zero-order chi connectivity index (χ0) is 17.0. The quantitative estimate of drug-likeness (QED) is 0.902. The topological polar surface area (TPSA) is 42.8 Å². The van der Waals surface area contributed by atoms with Crippen molar-refractivity contribution in [1.82, 2.24) is 0 Å². The van der Waals surface area contributed by atoms with Gasteiger partial charge in [-0.25, -0.2) is 4.99 Å². The maximum Gasteiger partial charge on any atom is 0.210 e. The van der Waals surface area contributed by atoms with Crippen molar-refractivity contribution in [3.8, 4) is 0 Å². The van der Waals surface area contributed by atoms with Crippen molar-refractivity contribution >= 4 is 23.2 Å². The molecule has 1 aliphatic rings. The zero-order valence-electron chi connectivity index (χ0n) is 13.9. The van der Waals surface area contributed by atoms with Gasteiger partial charge in [0.15, 0.2) is 0 Å². The number of nitrogens with zero attached hydrogens (tertiary/aromatic N) is 1. The van der Waals surface area contributed by atoms with E-state index in [4.69, 9.17) is 26.1 Å². The van der Waals surface area contributed by atoms with Gasteiger partial charge >= 0.3 is 0 Å². The summed E-state index contributed by atoms with van der Waals surface area (Å²) in [6.45, 7) is 3.69. The molecule has 4 nitrogen and oxygen atoms in total. The van der Waals surface area contributed by atoms with E-state index in [-0.39, 0.29) is 0 Å². The van der Waals surface area contributed by atoms with Crippen molar-refractivity contribution in [2.24, 2.45) is 4.99 Å². The molecule has 0 aliphatic carbocycles. The lowest BCUT2D eigenvalue weighted by atomic mass is 9.92. The Balaban J connectivity index is 1.78. The van der Waals surface area contributed by atoms with Gasteiger partial charge in [-0.1, -0.05) is 41.9 Å². The molecule has 1 heterocycles. The van der Waals surface area contributed by atoms with Crippen molar-refractivity contribution in [1.29, 1.82) is 0 Å². The van der Waals surface area contributed by atoms with Gasteiger partial charge in [0.05, 0.1) is 13.7 Å². The van der Waals surface area contributed by atoms with Crippen molar-refractivity contribution in [3.05, 3.63) is 64.7 Å². The molecular weight excluding hydrogens is 324 g/mol. The van der Waals surface area contributed by atoms with E-state index in [2.05, 4.69) is 24.4 Å². The molecule has 0 spiro atoms. The number of halogens is 1. The maximum atomic E-state index is 6.21. The summed E-state index contributed by atoms with van der Waals surface area (Å²) in [6.07, 6.45) is 0. The molecule has 2 aromatic rings. The highest BCUT2D eigenvalue weighted by atomic mass is 35.5. The molecule has 0 aromatic heterocycles. The standard InChI is InChI=1S/C19H21ClN2O2/c1-19(13-24-12-18(22-19)23-2)15-7-5-8-16(10-15)21-11-14-6-3-4-9-17(14)20/h3-10,21H,11-13H2,1-2H3. The van der Waals surface area contributed by atoms with E-state index < -0.39 is 5.54 Å². The predicted octanol–water partition coefficient (Wildman–Crippen LogP) is 4.24. The number of ether oxygens (including phenoxy) is 2. The molecule has 0 bridgehead atoms. The smallest absolute Gasteiger partial charge is 0.210 e. The highest BCUT2D eigenvalue weighted by Gasteiger charge is 2.31. The first-order chi connectivity index (χ1) is 11.6. The third-order valence-electron chi connectivity index (χ3n) is 4.14. The van der Waals surface area contributed by atoms with Crippen molar-refractivity contribution in [3.63, 3.8) is 0 Å². The van der Waals surface area contributed by atoms with Crippen molar-refractivity contribution in [2.75, 3.05) is 25.6 Å². The van der Waals surface area contributed by atoms with Crippen LogP contribution in [0.2, 0.25) is 5.02 Å². The summed E-state index contributed by atoms with van der Waals surface area (Å²) in [4.78, 5) is 4.70. The third kappa shape index (κ3) is 3.71. The average Bonchev–Trinajstić information content (AvgIpc) is 2.61. The van der Waals surface area contributed by atoms with Gasteiger partial charge < -0.3 is 14.8 Å². The number of methoxy groups -OCH3 is 1. The van der Waals surface area contributed by atoms with Crippen LogP contribution in [-0.2, 0) is 21.6 Å². The SMILES string of the molecule is COC1=NC(C)(c2cccc(NCc3ccccc3Cl)c2)COC1. The van der Waals surface area contributed by atoms with E-state index in [0.717, 1.165) is 21.8 Å². The molecule has 5 heteroatoms. The van der Waals surface area contributed by atoms with E-state index in [1.807, 2.05) is 36.4 Å². The van der Waals surface area contributed by atoms with Crippen LogP contribution in [0.4, 0.5) is 5.69 Å². The highest BCUT2D eigenvalue weighted by molar-refractivity contribution is 6.31. The Labute approximate surface area is 147 Å². The minimum absolute atomic E-state index is 0.427. The zero-order valence-corrected chi connectivity index (χ0v) is 14.6. The minimum atomic E-state index is -0.439. The van der Waals surface area contributed by atoms with Crippen LogP contribution in [0, 0.1) is 0 Å². The fraction of sp³-hybridized carbons (Fsp3) is 0.316. The van der Waals surface area contributed by atoms with Gasteiger partial charge in [-0.05, 0) is 36.2 Å². The van der Waals surface area contributed by atoms with Gasteiger partial charge in [0.25, 0.3) is 0 Å². The normalized spacial score (nSPS) is 20.4. The molecule has 1 unspecified atom stereocenters. The minimum Gasteiger partial charge on any atom is -0.483 e. The summed E-state index contributed by atoms with van der Waals surface area (Å²) in [6, 6.07) is 16.1. The maximum absolute atomic E-state index is 6.21. The lowest BCUT2D eigenvalue weighted by Crippen LogP contribution is -2.34. The molecule has 1 N–H and O–H groups in total. The summed E-state index contributed by atoms with van der Waals surface area (Å²) in [7, 11) is 1.62. The molecule has 0 fully saturated rings. The number of hydrogen-bond acceptors (Lipinski definition) is 4. The average molecular weight is 345 g/mol. The highest BCUT2D eigenvalue weighted by Crippen LogP contribution is 2.30. The van der Waals surface area contributed by atoms with E-state index in [9.17, 15) is 0 Å². The van der Waals surface area contributed by atoms with Gasteiger partial charge in [-0.3, -0.25) is 0 Å². The monoisotopic (exact) mass is 344 g/mol. The molecule has 3 rings (SSSR count). The van der Waals surface area contributed by atoms with E-state index in [1.54, 1.807) is 7.11 Å². The molecule has 24 heavy (non-hydrogen) atoms. The van der Waals surface area contributed by atoms with Crippen LogP contribution in [0.15, 0.2) is 53.5 Å². The second-order valence-electron chi connectivity index (χ2n) is 6.00. The summed E-state index contributed by atoms with van der Waals surface area (Å²) < 4.78 is 10.9. The van der Waals surface area contributed by atoms with Crippen LogP contribution >= 0.6 is 11.6 Å². The fourth-order valence-electron chi connectivity index (χ4n) is 2.73. The predicted molar refractivity (Wildman–Crippen MR) is 97.8 cm³/mol. The lowest BCUT2D eigenvalue weighted by Gasteiger charge is -2.30. The number of rotatable bonds is 4. The first-order valence-electron chi connectivity index (χ1n) is 7.89.